The average Bonchev–Trinajstić information content (AvgIpc) is 2.65. The molecule has 24 heavy (non-hydrogen) atoms. The van der Waals surface area contributed by atoms with E-state index in [0.717, 1.165) is 11.1 Å². The van der Waals surface area contributed by atoms with Crippen LogP contribution in [0.4, 0.5) is 0 Å². The van der Waals surface area contributed by atoms with Crippen molar-refractivity contribution in [1.29, 1.82) is 0 Å². The Morgan fingerprint density at radius 3 is 2.12 bits per heavy atom. The molecule has 0 unspecified atom stereocenters. The smallest absolute Gasteiger partial charge is 0.312 e. The lowest BCUT2D eigenvalue weighted by atomic mass is 9.98. The van der Waals surface area contributed by atoms with Crippen molar-refractivity contribution in [2.24, 2.45) is 0 Å². The fraction of sp³-hybridized carbons (Fsp3) is 0.529. The Labute approximate surface area is 141 Å². The largest absolute Gasteiger partial charge is 0.493 e. The van der Waals surface area contributed by atoms with Gasteiger partial charge in [0, 0.05) is 26.2 Å². The minimum Gasteiger partial charge on any atom is -0.493 e. The second-order valence-electron chi connectivity index (χ2n) is 5.86. The monoisotopic (exact) mass is 334 g/mol. The summed E-state index contributed by atoms with van der Waals surface area (Å²) in [7, 11) is 3.18. The van der Waals surface area contributed by atoms with Crippen molar-refractivity contribution >= 4 is 11.8 Å². The van der Waals surface area contributed by atoms with E-state index in [9.17, 15) is 9.59 Å². The second kappa shape index (κ2) is 7.09. The number of hydrogen-bond acceptors (Lipinski definition) is 5. The maximum absolute atomic E-state index is 12.5. The first-order valence-electron chi connectivity index (χ1n) is 8.03. The highest BCUT2D eigenvalue weighted by Crippen LogP contribution is 2.33. The molecule has 0 aromatic heterocycles. The topological polar surface area (TPSA) is 68.3 Å². The number of hydrogen-bond donors (Lipinski definition) is 0. The summed E-state index contributed by atoms with van der Waals surface area (Å²) in [6.45, 7) is 2.85. The number of carbonyl (C=O) groups excluding carboxylic acids is 2. The van der Waals surface area contributed by atoms with Crippen molar-refractivity contribution < 1.29 is 23.8 Å². The Bertz CT molecular complexity index is 640. The number of methoxy groups -OCH3 is 2. The summed E-state index contributed by atoms with van der Waals surface area (Å²) in [6, 6.07) is 3.83. The van der Waals surface area contributed by atoms with E-state index in [1.54, 1.807) is 24.0 Å². The molecule has 2 aliphatic rings. The van der Waals surface area contributed by atoms with Crippen LogP contribution in [-0.2, 0) is 27.3 Å². The molecule has 2 heterocycles. The van der Waals surface area contributed by atoms with Gasteiger partial charge in [0.25, 0.3) is 0 Å². The first-order chi connectivity index (χ1) is 11.6. The number of benzene rings is 1. The Kier molecular flexibility index (Phi) is 4.89. The van der Waals surface area contributed by atoms with E-state index < -0.39 is 11.8 Å². The van der Waals surface area contributed by atoms with Crippen molar-refractivity contribution in [3.05, 3.63) is 23.3 Å². The molecule has 2 aliphatic heterocycles. The van der Waals surface area contributed by atoms with Gasteiger partial charge in [0.15, 0.2) is 11.5 Å². The van der Waals surface area contributed by atoms with Crippen molar-refractivity contribution in [2.75, 3.05) is 47.1 Å². The normalized spacial score (nSPS) is 17.2. The Hall–Kier alpha value is -2.28. The molecular weight excluding hydrogens is 312 g/mol. The standard InChI is InChI=1S/C17H22N2O5/c1-22-14-9-12-3-4-19(11-13(12)10-15(14)23-2)17(21)16(20)18-5-7-24-8-6-18/h9-10H,3-8,11H2,1-2H3. The molecule has 0 N–H and O–H groups in total. The van der Waals surface area contributed by atoms with E-state index in [-0.39, 0.29) is 0 Å². The molecule has 1 saturated heterocycles. The van der Waals surface area contributed by atoms with Crippen LogP contribution < -0.4 is 9.47 Å². The zero-order chi connectivity index (χ0) is 17.1. The molecule has 130 valence electrons. The van der Waals surface area contributed by atoms with Gasteiger partial charge in [-0.25, -0.2) is 0 Å². The zero-order valence-electron chi connectivity index (χ0n) is 14.0. The molecule has 0 spiro atoms. The maximum Gasteiger partial charge on any atom is 0.312 e. The molecule has 0 aliphatic carbocycles. The number of carbonyl (C=O) groups is 2. The summed E-state index contributed by atoms with van der Waals surface area (Å²) in [5.41, 5.74) is 2.11. The van der Waals surface area contributed by atoms with Gasteiger partial charge in [-0.15, -0.1) is 0 Å². The third-order valence-electron chi connectivity index (χ3n) is 4.49. The third-order valence-corrected chi connectivity index (χ3v) is 4.49. The van der Waals surface area contributed by atoms with Gasteiger partial charge in [0.05, 0.1) is 27.4 Å². The van der Waals surface area contributed by atoms with Crippen LogP contribution in [0.15, 0.2) is 12.1 Å². The Balaban J connectivity index is 1.74. The van der Waals surface area contributed by atoms with Gasteiger partial charge >= 0.3 is 11.8 Å². The molecule has 0 radical (unpaired) electrons. The van der Waals surface area contributed by atoms with Gasteiger partial charge < -0.3 is 24.0 Å². The van der Waals surface area contributed by atoms with Crippen LogP contribution in [0.2, 0.25) is 0 Å². The van der Waals surface area contributed by atoms with Crippen LogP contribution >= 0.6 is 0 Å². The van der Waals surface area contributed by atoms with Gasteiger partial charge in [0.2, 0.25) is 0 Å². The van der Waals surface area contributed by atoms with Crippen LogP contribution in [0.25, 0.3) is 0 Å². The summed E-state index contributed by atoms with van der Waals surface area (Å²) in [4.78, 5) is 28.1. The minimum absolute atomic E-state index is 0.407. The lowest BCUT2D eigenvalue weighted by Gasteiger charge is -2.32. The number of nitrogens with zero attached hydrogens (tertiary/aromatic N) is 2. The average molecular weight is 334 g/mol. The van der Waals surface area contributed by atoms with E-state index >= 15 is 0 Å². The molecule has 1 fully saturated rings. The van der Waals surface area contributed by atoms with E-state index in [1.807, 2.05) is 12.1 Å². The minimum atomic E-state index is -0.447. The Morgan fingerprint density at radius 1 is 0.917 bits per heavy atom. The van der Waals surface area contributed by atoms with Gasteiger partial charge in [-0.2, -0.15) is 0 Å². The van der Waals surface area contributed by atoms with Crippen molar-refractivity contribution in [3.63, 3.8) is 0 Å². The molecule has 3 rings (SSSR count). The molecule has 0 bridgehead atoms. The van der Waals surface area contributed by atoms with Crippen LogP contribution in [-0.4, -0.2) is 68.7 Å². The van der Waals surface area contributed by atoms with Crippen LogP contribution in [0, 0.1) is 0 Å². The molecule has 1 aromatic rings. The number of amides is 2. The molecule has 7 nitrogen and oxygen atoms in total. The van der Waals surface area contributed by atoms with Crippen molar-refractivity contribution in [1.82, 2.24) is 9.80 Å². The summed E-state index contributed by atoms with van der Waals surface area (Å²) in [6.07, 6.45) is 0.692. The molecule has 1 aromatic carbocycles. The molecule has 0 saturated carbocycles. The third kappa shape index (κ3) is 3.17. The van der Waals surface area contributed by atoms with Gasteiger partial charge in [-0.3, -0.25) is 9.59 Å². The first kappa shape index (κ1) is 16.6. The SMILES string of the molecule is COc1cc2c(cc1OC)CN(C(=O)C(=O)N1CCOCC1)CC2. The van der Waals surface area contributed by atoms with Gasteiger partial charge in [-0.05, 0) is 29.7 Å². The van der Waals surface area contributed by atoms with E-state index in [4.69, 9.17) is 14.2 Å². The first-order valence-corrected chi connectivity index (χ1v) is 8.03. The summed E-state index contributed by atoms with van der Waals surface area (Å²) < 4.78 is 15.9. The number of morpholine rings is 1. The molecule has 2 amide bonds. The van der Waals surface area contributed by atoms with Crippen molar-refractivity contribution in [2.45, 2.75) is 13.0 Å². The van der Waals surface area contributed by atoms with Gasteiger partial charge in [0.1, 0.15) is 0 Å². The van der Waals surface area contributed by atoms with Gasteiger partial charge in [-0.1, -0.05) is 0 Å². The van der Waals surface area contributed by atoms with Crippen molar-refractivity contribution in [3.8, 4) is 11.5 Å². The lowest BCUT2D eigenvalue weighted by molar-refractivity contribution is -0.154. The highest BCUT2D eigenvalue weighted by atomic mass is 16.5. The quantitative estimate of drug-likeness (QED) is 0.735. The predicted molar refractivity (Wildman–Crippen MR) is 86.1 cm³/mol. The van der Waals surface area contributed by atoms with E-state index in [0.29, 0.717) is 57.3 Å². The van der Waals surface area contributed by atoms with E-state index in [2.05, 4.69) is 0 Å². The van der Waals surface area contributed by atoms with Crippen LogP contribution in [0.3, 0.4) is 0 Å². The van der Waals surface area contributed by atoms with E-state index in [1.165, 1.54) is 0 Å². The number of rotatable bonds is 2. The van der Waals surface area contributed by atoms with Crippen LogP contribution in [0.1, 0.15) is 11.1 Å². The fourth-order valence-corrected chi connectivity index (χ4v) is 3.09. The highest BCUT2D eigenvalue weighted by molar-refractivity contribution is 6.34. The van der Waals surface area contributed by atoms with Crippen LogP contribution in [0.5, 0.6) is 11.5 Å². The maximum atomic E-state index is 12.5. The molecule has 7 heteroatoms. The zero-order valence-corrected chi connectivity index (χ0v) is 14.0. The predicted octanol–water partition coefficient (Wildman–Crippen LogP) is 0.447. The molecular formula is C17H22N2O5. The summed E-state index contributed by atoms with van der Waals surface area (Å²) in [5, 5.41) is 0. The highest BCUT2D eigenvalue weighted by Gasteiger charge is 2.30. The lowest BCUT2D eigenvalue weighted by Crippen LogP contribution is -2.50. The Morgan fingerprint density at radius 2 is 1.50 bits per heavy atom. The summed E-state index contributed by atoms with van der Waals surface area (Å²) >= 11 is 0. The second-order valence-corrected chi connectivity index (χ2v) is 5.86. The molecule has 0 atom stereocenters. The number of ether oxygens (including phenoxy) is 3. The summed E-state index contributed by atoms with van der Waals surface area (Å²) in [5.74, 6) is 0.421. The number of fused-ring (bicyclic) bond motifs is 1. The fourth-order valence-electron chi connectivity index (χ4n) is 3.09.